The number of hydrogen-bond acceptors (Lipinski definition) is 7. The van der Waals surface area contributed by atoms with Crippen molar-refractivity contribution in [1.29, 1.82) is 0 Å². The molecule has 1 fully saturated rings. The van der Waals surface area contributed by atoms with Gasteiger partial charge in [0.15, 0.2) is 0 Å². The zero-order chi connectivity index (χ0) is 25.3. The van der Waals surface area contributed by atoms with Crippen LogP contribution in [0.3, 0.4) is 0 Å². The number of aromatic nitrogens is 2. The van der Waals surface area contributed by atoms with Crippen LogP contribution in [0.4, 0.5) is 22.2 Å². The van der Waals surface area contributed by atoms with Crippen LogP contribution in [0.25, 0.3) is 0 Å². The number of rotatable bonds is 6. The van der Waals surface area contributed by atoms with Gasteiger partial charge in [0.25, 0.3) is 0 Å². The summed E-state index contributed by atoms with van der Waals surface area (Å²) in [6.07, 6.45) is 4.12. The zero-order valence-corrected chi connectivity index (χ0v) is 21.2. The number of methoxy groups -OCH3 is 2. The summed E-state index contributed by atoms with van der Waals surface area (Å²) < 4.78 is 10.8. The third kappa shape index (κ3) is 4.43. The van der Waals surface area contributed by atoms with E-state index in [2.05, 4.69) is 21.9 Å². The Morgan fingerprint density at radius 3 is 2.37 bits per heavy atom. The van der Waals surface area contributed by atoms with Crippen molar-refractivity contribution in [2.24, 2.45) is 0 Å². The molecule has 2 aliphatic rings. The Kier molecular flexibility index (Phi) is 7.23. The predicted octanol–water partition coefficient (Wildman–Crippen LogP) is 3.97. The number of nitrogens with zero attached hydrogens (tertiary/aromatic N) is 5. The molecule has 10 nitrogen and oxygen atoms in total. The first-order chi connectivity index (χ1) is 16.8. The number of piperidine rings is 1. The lowest BCUT2D eigenvalue weighted by Gasteiger charge is -2.43. The molecule has 0 saturated carbocycles. The molecule has 186 valence electrons. The molecule has 1 N–H and O–H groups in total. The van der Waals surface area contributed by atoms with Crippen LogP contribution >= 0.6 is 23.2 Å². The molecule has 1 aromatic carbocycles. The summed E-state index contributed by atoms with van der Waals surface area (Å²) in [6.45, 7) is 4.70. The second-order valence-corrected chi connectivity index (χ2v) is 8.81. The molecule has 3 heterocycles. The van der Waals surface area contributed by atoms with Crippen LogP contribution in [0.2, 0.25) is 10.0 Å². The van der Waals surface area contributed by atoms with Crippen molar-refractivity contribution in [2.45, 2.75) is 25.4 Å². The van der Waals surface area contributed by atoms with Gasteiger partial charge in [0.1, 0.15) is 27.4 Å². The first-order valence-electron chi connectivity index (χ1n) is 11.0. The highest BCUT2D eigenvalue weighted by Crippen LogP contribution is 2.48. The number of anilines is 3. The van der Waals surface area contributed by atoms with Gasteiger partial charge < -0.3 is 19.7 Å². The number of fused-ring (bicyclic) bond motifs is 1. The lowest BCUT2D eigenvalue weighted by molar-refractivity contribution is -0.126. The number of nitrogens with one attached hydrogen (secondary N) is 1. The van der Waals surface area contributed by atoms with Gasteiger partial charge in [-0.3, -0.25) is 14.6 Å². The molecule has 1 aromatic heterocycles. The van der Waals surface area contributed by atoms with Crippen molar-refractivity contribution in [2.75, 3.05) is 49.5 Å². The number of amides is 3. The number of carbonyl (C=O) groups excluding carboxylic acids is 2. The maximum Gasteiger partial charge on any atom is 0.330 e. The third-order valence-electron chi connectivity index (χ3n) is 6.20. The summed E-state index contributed by atoms with van der Waals surface area (Å²) in [5.41, 5.74) is 1.00. The topological polar surface area (TPSA) is 100 Å². The highest BCUT2D eigenvalue weighted by molar-refractivity contribution is 6.42. The summed E-state index contributed by atoms with van der Waals surface area (Å²) in [5.74, 6) is 1.43. The Bertz CT molecular complexity index is 1140. The van der Waals surface area contributed by atoms with E-state index in [0.29, 0.717) is 49.2 Å². The molecule has 35 heavy (non-hydrogen) atoms. The van der Waals surface area contributed by atoms with Crippen LogP contribution in [0.5, 0.6) is 11.5 Å². The highest BCUT2D eigenvalue weighted by Gasteiger charge is 2.41. The number of urea groups is 1. The lowest BCUT2D eigenvalue weighted by atomic mass is 10.0. The van der Waals surface area contributed by atoms with Gasteiger partial charge in [-0.1, -0.05) is 29.8 Å². The average Bonchev–Trinajstić information content (AvgIpc) is 2.88. The second-order valence-electron chi connectivity index (χ2n) is 8.05. The van der Waals surface area contributed by atoms with E-state index in [1.165, 1.54) is 25.2 Å². The predicted molar refractivity (Wildman–Crippen MR) is 135 cm³/mol. The van der Waals surface area contributed by atoms with E-state index in [-0.39, 0.29) is 40.3 Å². The number of halogens is 2. The van der Waals surface area contributed by atoms with Crippen LogP contribution in [-0.2, 0) is 11.3 Å². The van der Waals surface area contributed by atoms with Gasteiger partial charge in [0, 0.05) is 44.0 Å². The van der Waals surface area contributed by atoms with Crippen LogP contribution < -0.4 is 24.6 Å². The molecule has 0 aliphatic carbocycles. The van der Waals surface area contributed by atoms with Gasteiger partial charge in [0.2, 0.25) is 11.9 Å². The molecule has 0 radical (unpaired) electrons. The molecule has 0 spiro atoms. The zero-order valence-electron chi connectivity index (χ0n) is 19.7. The molecule has 2 aromatic rings. The number of carbonyl (C=O) groups is 2. The fourth-order valence-corrected chi connectivity index (χ4v) is 5.09. The van der Waals surface area contributed by atoms with Gasteiger partial charge in [-0.15, -0.1) is 0 Å². The smallest absolute Gasteiger partial charge is 0.330 e. The first kappa shape index (κ1) is 24.9. The normalized spacial score (nSPS) is 16.1. The van der Waals surface area contributed by atoms with Crippen molar-refractivity contribution < 1.29 is 19.1 Å². The number of ether oxygens (including phenoxy) is 2. The maximum atomic E-state index is 14.0. The molecule has 12 heteroatoms. The number of benzene rings is 1. The van der Waals surface area contributed by atoms with Crippen LogP contribution in [0.1, 0.15) is 18.4 Å². The summed E-state index contributed by atoms with van der Waals surface area (Å²) in [5, 5.41) is 3.30. The Balaban J connectivity index is 1.79. The first-order valence-corrected chi connectivity index (χ1v) is 11.8. The van der Waals surface area contributed by atoms with E-state index < -0.39 is 0 Å². The van der Waals surface area contributed by atoms with E-state index in [0.717, 1.165) is 5.56 Å². The molecule has 1 saturated heterocycles. The fraction of sp³-hybridized carbons (Fsp3) is 0.391. The van der Waals surface area contributed by atoms with E-state index in [1.54, 1.807) is 29.1 Å². The summed E-state index contributed by atoms with van der Waals surface area (Å²) >= 11 is 13.3. The number of likely N-dealkylation sites (tertiary alicyclic amines) is 1. The van der Waals surface area contributed by atoms with Crippen molar-refractivity contribution in [3.63, 3.8) is 0 Å². The van der Waals surface area contributed by atoms with Crippen LogP contribution in [-0.4, -0.2) is 67.2 Å². The minimum Gasteiger partial charge on any atom is -0.495 e. The molecule has 0 unspecified atom stereocenters. The quantitative estimate of drug-likeness (QED) is 0.575. The largest absolute Gasteiger partial charge is 0.495 e. The lowest BCUT2D eigenvalue weighted by Crippen LogP contribution is -2.55. The van der Waals surface area contributed by atoms with E-state index in [4.69, 9.17) is 32.7 Å². The Labute approximate surface area is 213 Å². The van der Waals surface area contributed by atoms with Crippen molar-refractivity contribution in [3.05, 3.63) is 40.5 Å². The fourth-order valence-electron chi connectivity index (χ4n) is 4.38. The van der Waals surface area contributed by atoms with Gasteiger partial charge in [-0.05, 0) is 18.9 Å². The Morgan fingerprint density at radius 2 is 1.83 bits per heavy atom. The molecule has 2 aliphatic heterocycles. The van der Waals surface area contributed by atoms with Crippen LogP contribution in [0, 0.1) is 0 Å². The third-order valence-corrected chi connectivity index (χ3v) is 6.93. The van der Waals surface area contributed by atoms with Gasteiger partial charge in [-0.2, -0.15) is 4.98 Å². The van der Waals surface area contributed by atoms with Crippen molar-refractivity contribution >= 4 is 52.6 Å². The maximum absolute atomic E-state index is 14.0. The van der Waals surface area contributed by atoms with Gasteiger partial charge in [-0.25, -0.2) is 9.78 Å². The monoisotopic (exact) mass is 520 g/mol. The molecular formula is C23H26Cl2N6O4. The highest BCUT2D eigenvalue weighted by atomic mass is 35.5. The minimum absolute atomic E-state index is 0.128. The van der Waals surface area contributed by atoms with Gasteiger partial charge >= 0.3 is 6.03 Å². The minimum atomic E-state index is -0.342. The van der Waals surface area contributed by atoms with Crippen molar-refractivity contribution in [3.8, 4) is 11.5 Å². The Hall–Kier alpha value is -3.24. The van der Waals surface area contributed by atoms with E-state index in [9.17, 15) is 9.59 Å². The van der Waals surface area contributed by atoms with Crippen molar-refractivity contribution in [1.82, 2.24) is 14.9 Å². The molecule has 4 rings (SSSR count). The van der Waals surface area contributed by atoms with E-state index >= 15 is 0 Å². The SMILES string of the molecule is C=CC(=O)N1CCC(N2C(=O)N(c3c(Cl)c(OC)cc(OC)c3Cl)Cc3cnc(NC)nc32)CC1. The number of hydrogen-bond donors (Lipinski definition) is 1. The molecule has 3 amide bonds. The standard InChI is InChI=1S/C23H26Cl2N6O4/c1-5-17(32)29-8-6-14(7-9-29)31-21-13(11-27-22(26-2)28-21)12-30(23(31)33)20-18(24)15(34-3)10-16(35-4)19(20)25/h5,10-11,14H,1,6-9,12H2,2-4H3,(H,26,27,28). The van der Waals surface area contributed by atoms with Crippen LogP contribution in [0.15, 0.2) is 24.9 Å². The molecule has 0 atom stereocenters. The van der Waals surface area contributed by atoms with E-state index in [1.807, 2.05) is 0 Å². The molecule has 0 bridgehead atoms. The summed E-state index contributed by atoms with van der Waals surface area (Å²) in [6, 6.07) is 1.02. The average molecular weight is 521 g/mol. The summed E-state index contributed by atoms with van der Waals surface area (Å²) in [7, 11) is 4.66. The van der Waals surface area contributed by atoms with Gasteiger partial charge in [0.05, 0.1) is 26.5 Å². The summed E-state index contributed by atoms with van der Waals surface area (Å²) in [4.78, 5) is 39.9. The second kappa shape index (κ2) is 10.2. The molecular weight excluding hydrogens is 495 g/mol. The Morgan fingerprint density at radius 1 is 1.20 bits per heavy atom.